The smallest absolute Gasteiger partial charge is 0.383 e. The van der Waals surface area contributed by atoms with Gasteiger partial charge in [-0.2, -0.15) is 13.2 Å². The summed E-state index contributed by atoms with van der Waals surface area (Å²) >= 11 is 11.8. The molecule has 0 amide bonds. The van der Waals surface area contributed by atoms with Crippen LogP contribution in [0.5, 0.6) is 0 Å². The zero-order chi connectivity index (χ0) is 16.3. The van der Waals surface area contributed by atoms with Crippen molar-refractivity contribution in [3.63, 3.8) is 0 Å². The minimum Gasteiger partial charge on any atom is -0.383 e. The molecule has 1 aromatic carbocycles. The van der Waals surface area contributed by atoms with Crippen molar-refractivity contribution < 1.29 is 13.2 Å². The second kappa shape index (κ2) is 7.86. The molecule has 1 heterocycles. The van der Waals surface area contributed by atoms with Crippen molar-refractivity contribution in [2.24, 2.45) is 10.7 Å². The minimum atomic E-state index is -4.49. The summed E-state index contributed by atoms with van der Waals surface area (Å²) in [5.74, 6) is 0.156. The number of nitrogens with two attached hydrogens (primary N) is 1. The van der Waals surface area contributed by atoms with Crippen molar-refractivity contribution in [3.8, 4) is 0 Å². The van der Waals surface area contributed by atoms with Gasteiger partial charge in [0.15, 0.2) is 0 Å². The Hall–Kier alpha value is -1.50. The minimum absolute atomic E-state index is 0. The van der Waals surface area contributed by atoms with Gasteiger partial charge in [0.1, 0.15) is 5.84 Å². The first-order chi connectivity index (χ1) is 10.3. The Labute approximate surface area is 146 Å². The van der Waals surface area contributed by atoms with Crippen LogP contribution in [-0.4, -0.2) is 10.8 Å². The number of alkyl halides is 3. The molecular weight excluding hydrogens is 374 g/mol. The van der Waals surface area contributed by atoms with Crippen LogP contribution in [-0.2, 0) is 12.7 Å². The number of amidine groups is 1. The molecule has 0 bridgehead atoms. The molecule has 124 valence electrons. The van der Waals surface area contributed by atoms with Gasteiger partial charge in [-0.05, 0) is 18.2 Å². The average Bonchev–Trinajstić information content (AvgIpc) is 2.45. The molecule has 0 radical (unpaired) electrons. The monoisotopic (exact) mass is 383 g/mol. The highest BCUT2D eigenvalue weighted by Gasteiger charge is 2.31. The SMILES string of the molecule is Cl.NC(=NCc1ncc(C(F)(F)F)cc1Cl)c1ccccc1Cl. The number of pyridine rings is 1. The second-order valence-electron chi connectivity index (χ2n) is 4.33. The van der Waals surface area contributed by atoms with Crippen LogP contribution in [0, 0.1) is 0 Å². The van der Waals surface area contributed by atoms with E-state index in [2.05, 4.69) is 9.98 Å². The third-order valence-electron chi connectivity index (χ3n) is 2.79. The molecule has 0 spiro atoms. The molecule has 0 atom stereocenters. The Morgan fingerprint density at radius 2 is 1.83 bits per heavy atom. The van der Waals surface area contributed by atoms with Gasteiger partial charge < -0.3 is 5.73 Å². The van der Waals surface area contributed by atoms with Crippen LogP contribution in [0.15, 0.2) is 41.5 Å². The molecule has 23 heavy (non-hydrogen) atoms. The highest BCUT2D eigenvalue weighted by atomic mass is 35.5. The third-order valence-corrected chi connectivity index (χ3v) is 3.45. The first-order valence-electron chi connectivity index (χ1n) is 6.05. The van der Waals surface area contributed by atoms with Crippen molar-refractivity contribution in [2.75, 3.05) is 0 Å². The number of aromatic nitrogens is 1. The van der Waals surface area contributed by atoms with Crippen LogP contribution < -0.4 is 5.73 Å². The van der Waals surface area contributed by atoms with Crippen LogP contribution in [0.3, 0.4) is 0 Å². The molecule has 2 N–H and O–H groups in total. The average molecular weight is 385 g/mol. The van der Waals surface area contributed by atoms with Gasteiger partial charge in [-0.25, -0.2) is 0 Å². The lowest BCUT2D eigenvalue weighted by Gasteiger charge is -2.08. The van der Waals surface area contributed by atoms with Crippen molar-refractivity contribution in [3.05, 3.63) is 63.4 Å². The van der Waals surface area contributed by atoms with E-state index in [1.165, 1.54) is 0 Å². The molecule has 1 aromatic heterocycles. The van der Waals surface area contributed by atoms with Gasteiger partial charge in [-0.15, -0.1) is 12.4 Å². The molecular formula is C14H11Cl3F3N3. The summed E-state index contributed by atoms with van der Waals surface area (Å²) < 4.78 is 37.6. The Balaban J connectivity index is 0.00000264. The summed E-state index contributed by atoms with van der Waals surface area (Å²) in [4.78, 5) is 7.75. The Kier molecular flexibility index (Phi) is 6.68. The van der Waals surface area contributed by atoms with Crippen LogP contribution in [0.2, 0.25) is 10.0 Å². The number of aliphatic imine (C=N–C) groups is 1. The Morgan fingerprint density at radius 3 is 2.39 bits per heavy atom. The predicted molar refractivity (Wildman–Crippen MR) is 87.4 cm³/mol. The van der Waals surface area contributed by atoms with Crippen molar-refractivity contribution in [2.45, 2.75) is 12.7 Å². The summed E-state index contributed by atoms with van der Waals surface area (Å²) in [5, 5.41) is 0.306. The number of hydrogen-bond donors (Lipinski definition) is 1. The van der Waals surface area contributed by atoms with E-state index in [1.54, 1.807) is 24.3 Å². The molecule has 0 saturated heterocycles. The summed E-state index contributed by atoms with van der Waals surface area (Å²) in [6.07, 6.45) is -3.78. The highest BCUT2D eigenvalue weighted by Crippen LogP contribution is 2.31. The van der Waals surface area contributed by atoms with Crippen LogP contribution >= 0.6 is 35.6 Å². The van der Waals surface area contributed by atoms with Crippen LogP contribution in [0.1, 0.15) is 16.8 Å². The zero-order valence-corrected chi connectivity index (χ0v) is 13.8. The standard InChI is InChI=1S/C14H10Cl2F3N3.ClH/c15-10-4-2-1-3-9(10)13(20)22-7-12-11(16)5-8(6-21-12)14(17,18)19;/h1-6H,7H2,(H2,20,22);1H. The number of rotatable bonds is 3. The van der Waals surface area contributed by atoms with E-state index in [1.807, 2.05) is 0 Å². The second-order valence-corrected chi connectivity index (χ2v) is 5.15. The summed E-state index contributed by atoms with van der Waals surface area (Å²) in [6, 6.07) is 7.64. The lowest BCUT2D eigenvalue weighted by molar-refractivity contribution is -0.137. The lowest BCUT2D eigenvalue weighted by atomic mass is 10.2. The zero-order valence-electron chi connectivity index (χ0n) is 11.4. The molecule has 3 nitrogen and oxygen atoms in total. The summed E-state index contributed by atoms with van der Waals surface area (Å²) in [5.41, 5.74) is 5.63. The molecule has 2 aromatic rings. The van der Waals surface area contributed by atoms with Crippen LogP contribution in [0.4, 0.5) is 13.2 Å². The summed E-state index contributed by atoms with van der Waals surface area (Å²) in [6.45, 7) is -0.0476. The Bertz CT molecular complexity index is 718. The predicted octanol–water partition coefficient (Wildman–Crippen LogP) is 4.73. The maximum Gasteiger partial charge on any atom is 0.417 e. The van der Waals surface area contributed by atoms with E-state index in [-0.39, 0.29) is 35.5 Å². The molecule has 9 heteroatoms. The maximum absolute atomic E-state index is 12.5. The number of benzene rings is 1. The van der Waals surface area contributed by atoms with E-state index in [0.29, 0.717) is 16.8 Å². The van der Waals surface area contributed by atoms with Crippen molar-refractivity contribution in [1.29, 1.82) is 0 Å². The fourth-order valence-electron chi connectivity index (χ4n) is 1.65. The van der Waals surface area contributed by atoms with Gasteiger partial charge >= 0.3 is 6.18 Å². The molecule has 0 saturated carbocycles. The lowest BCUT2D eigenvalue weighted by Crippen LogP contribution is -2.14. The number of hydrogen-bond acceptors (Lipinski definition) is 2. The molecule has 0 fully saturated rings. The molecule has 2 rings (SSSR count). The highest BCUT2D eigenvalue weighted by molar-refractivity contribution is 6.34. The van der Waals surface area contributed by atoms with Gasteiger partial charge in [0.05, 0.1) is 27.8 Å². The van der Waals surface area contributed by atoms with Gasteiger partial charge in [0.2, 0.25) is 0 Å². The number of nitrogens with zero attached hydrogens (tertiary/aromatic N) is 2. The first kappa shape index (κ1) is 19.5. The Morgan fingerprint density at radius 1 is 1.17 bits per heavy atom. The van der Waals surface area contributed by atoms with E-state index in [4.69, 9.17) is 28.9 Å². The molecule has 0 aliphatic heterocycles. The van der Waals surface area contributed by atoms with E-state index in [9.17, 15) is 13.2 Å². The molecule has 0 unspecified atom stereocenters. The van der Waals surface area contributed by atoms with Gasteiger partial charge in [-0.3, -0.25) is 9.98 Å². The fraction of sp³-hybridized carbons (Fsp3) is 0.143. The van der Waals surface area contributed by atoms with Crippen molar-refractivity contribution >= 4 is 41.4 Å². The van der Waals surface area contributed by atoms with Gasteiger partial charge in [0.25, 0.3) is 0 Å². The maximum atomic E-state index is 12.5. The van der Waals surface area contributed by atoms with E-state index < -0.39 is 11.7 Å². The first-order valence-corrected chi connectivity index (χ1v) is 6.81. The van der Waals surface area contributed by atoms with E-state index >= 15 is 0 Å². The fourth-order valence-corrected chi connectivity index (χ4v) is 2.11. The van der Waals surface area contributed by atoms with Gasteiger partial charge in [0, 0.05) is 11.8 Å². The molecule has 0 aliphatic rings. The van der Waals surface area contributed by atoms with Gasteiger partial charge in [-0.1, -0.05) is 35.3 Å². The normalized spacial score (nSPS) is 12.0. The summed E-state index contributed by atoms with van der Waals surface area (Å²) in [7, 11) is 0. The van der Waals surface area contributed by atoms with E-state index in [0.717, 1.165) is 6.07 Å². The largest absolute Gasteiger partial charge is 0.417 e. The van der Waals surface area contributed by atoms with Crippen LogP contribution in [0.25, 0.3) is 0 Å². The molecule has 0 aliphatic carbocycles. The number of halogens is 6. The van der Waals surface area contributed by atoms with Crippen molar-refractivity contribution in [1.82, 2.24) is 4.98 Å². The quantitative estimate of drug-likeness (QED) is 0.614. The topological polar surface area (TPSA) is 51.3 Å². The third kappa shape index (κ3) is 4.99.